The first-order valence-electron chi connectivity index (χ1n) is 6.26. The third-order valence-corrected chi connectivity index (χ3v) is 3.52. The van der Waals surface area contributed by atoms with Gasteiger partial charge < -0.3 is 14.9 Å². The van der Waals surface area contributed by atoms with Crippen LogP contribution in [0.15, 0.2) is 18.5 Å². The first-order valence-corrected chi connectivity index (χ1v) is 6.26. The van der Waals surface area contributed by atoms with Crippen LogP contribution < -0.4 is 4.90 Å². The van der Waals surface area contributed by atoms with Crippen molar-refractivity contribution in [3.8, 4) is 0 Å². The number of rotatable bonds is 2. The van der Waals surface area contributed by atoms with E-state index >= 15 is 0 Å². The number of anilines is 1. The second-order valence-corrected chi connectivity index (χ2v) is 4.80. The van der Waals surface area contributed by atoms with Gasteiger partial charge in [-0.2, -0.15) is 0 Å². The zero-order valence-corrected chi connectivity index (χ0v) is 10.1. The fraction of sp³-hybridized carbons (Fsp3) is 0.583. The van der Waals surface area contributed by atoms with E-state index in [-0.39, 0.29) is 18.1 Å². The van der Waals surface area contributed by atoms with Gasteiger partial charge in [-0.1, -0.05) is 0 Å². The van der Waals surface area contributed by atoms with Crippen molar-refractivity contribution >= 4 is 11.9 Å². The second kappa shape index (κ2) is 4.53. The third-order valence-electron chi connectivity index (χ3n) is 3.52. The molecule has 1 aromatic heterocycles. The van der Waals surface area contributed by atoms with E-state index in [1.165, 1.54) is 0 Å². The van der Waals surface area contributed by atoms with Crippen LogP contribution in [0, 0.1) is 0 Å². The number of aliphatic hydroxyl groups is 1. The molecule has 3 rings (SSSR count). The predicted molar refractivity (Wildman–Crippen MR) is 65.0 cm³/mol. The van der Waals surface area contributed by atoms with Crippen LogP contribution in [0.5, 0.6) is 0 Å². The molecule has 0 spiro atoms. The highest BCUT2D eigenvalue weighted by molar-refractivity contribution is 5.86. The maximum atomic E-state index is 12.3. The third kappa shape index (κ3) is 1.92. The first-order chi connectivity index (χ1) is 8.75. The van der Waals surface area contributed by atoms with Gasteiger partial charge >= 0.3 is 0 Å². The van der Waals surface area contributed by atoms with Crippen LogP contribution in [0.3, 0.4) is 0 Å². The number of hydrogen-bond donors (Lipinski definition) is 1. The first kappa shape index (κ1) is 11.4. The molecule has 2 fully saturated rings. The van der Waals surface area contributed by atoms with Gasteiger partial charge in [0, 0.05) is 32.0 Å². The minimum atomic E-state index is -0.350. The molecule has 0 radical (unpaired) electrons. The molecule has 1 atom stereocenters. The Morgan fingerprint density at radius 2 is 2.06 bits per heavy atom. The summed E-state index contributed by atoms with van der Waals surface area (Å²) in [4.78, 5) is 24.4. The average Bonchev–Trinajstić information content (AvgIpc) is 2.84. The average molecular weight is 248 g/mol. The standard InChI is InChI=1S/C12H16N4O2/c17-9-7-15(8-9)11(18)10-3-1-6-16(10)12-13-4-2-5-14-12/h2,4-5,9-10,17H,1,3,6-8H2. The van der Waals surface area contributed by atoms with Gasteiger partial charge in [0.15, 0.2) is 0 Å². The lowest BCUT2D eigenvalue weighted by molar-refractivity contribution is -0.142. The highest BCUT2D eigenvalue weighted by Crippen LogP contribution is 2.24. The molecule has 2 aliphatic rings. The molecule has 1 unspecified atom stereocenters. The maximum absolute atomic E-state index is 12.3. The molecule has 3 heterocycles. The van der Waals surface area contributed by atoms with E-state index in [0.29, 0.717) is 19.0 Å². The quantitative estimate of drug-likeness (QED) is 0.774. The molecule has 0 saturated carbocycles. The Kier molecular flexibility index (Phi) is 2.87. The van der Waals surface area contributed by atoms with Gasteiger partial charge in [-0.3, -0.25) is 4.79 Å². The molecule has 6 nitrogen and oxygen atoms in total. The Morgan fingerprint density at radius 1 is 1.33 bits per heavy atom. The normalized spacial score (nSPS) is 24.2. The van der Waals surface area contributed by atoms with E-state index in [1.54, 1.807) is 23.4 Å². The molecule has 1 aromatic rings. The van der Waals surface area contributed by atoms with Crippen LogP contribution in [0.25, 0.3) is 0 Å². The predicted octanol–water partition coefficient (Wildman–Crippen LogP) is -0.351. The van der Waals surface area contributed by atoms with E-state index in [1.807, 2.05) is 4.90 Å². The summed E-state index contributed by atoms with van der Waals surface area (Å²) in [7, 11) is 0. The van der Waals surface area contributed by atoms with Crippen LogP contribution in [0.4, 0.5) is 5.95 Å². The largest absolute Gasteiger partial charge is 0.389 e. The smallest absolute Gasteiger partial charge is 0.245 e. The van der Waals surface area contributed by atoms with Crippen molar-refractivity contribution in [2.75, 3.05) is 24.5 Å². The summed E-state index contributed by atoms with van der Waals surface area (Å²) in [5.41, 5.74) is 0. The fourth-order valence-corrected chi connectivity index (χ4v) is 2.55. The summed E-state index contributed by atoms with van der Waals surface area (Å²) in [6.45, 7) is 1.73. The minimum Gasteiger partial charge on any atom is -0.389 e. The van der Waals surface area contributed by atoms with E-state index in [0.717, 1.165) is 19.4 Å². The highest BCUT2D eigenvalue weighted by atomic mass is 16.3. The number of amides is 1. The maximum Gasteiger partial charge on any atom is 0.245 e. The summed E-state index contributed by atoms with van der Waals surface area (Å²) in [5, 5.41) is 9.26. The van der Waals surface area contributed by atoms with Crippen LogP contribution in [0.2, 0.25) is 0 Å². The summed E-state index contributed by atoms with van der Waals surface area (Å²) >= 11 is 0. The van der Waals surface area contributed by atoms with Gasteiger partial charge in [0.05, 0.1) is 6.10 Å². The van der Waals surface area contributed by atoms with Gasteiger partial charge in [0.25, 0.3) is 0 Å². The molecule has 0 aliphatic carbocycles. The molecular weight excluding hydrogens is 232 g/mol. The van der Waals surface area contributed by atoms with Gasteiger partial charge in [0.2, 0.25) is 11.9 Å². The number of aromatic nitrogens is 2. The minimum absolute atomic E-state index is 0.0882. The molecule has 2 saturated heterocycles. The SMILES string of the molecule is O=C(C1CCCN1c1ncccn1)N1CC(O)C1. The van der Waals surface area contributed by atoms with E-state index in [4.69, 9.17) is 0 Å². The van der Waals surface area contributed by atoms with Gasteiger partial charge in [0.1, 0.15) is 6.04 Å². The number of nitrogens with zero attached hydrogens (tertiary/aromatic N) is 4. The molecule has 1 amide bonds. The van der Waals surface area contributed by atoms with Crippen molar-refractivity contribution in [2.24, 2.45) is 0 Å². The van der Waals surface area contributed by atoms with Crippen LogP contribution >= 0.6 is 0 Å². The number of carbonyl (C=O) groups excluding carboxylic acids is 1. The number of likely N-dealkylation sites (tertiary alicyclic amines) is 1. The number of carbonyl (C=O) groups is 1. The molecular formula is C12H16N4O2. The fourth-order valence-electron chi connectivity index (χ4n) is 2.55. The van der Waals surface area contributed by atoms with Crippen LogP contribution in [0.1, 0.15) is 12.8 Å². The Morgan fingerprint density at radius 3 is 2.72 bits per heavy atom. The van der Waals surface area contributed by atoms with Crippen LogP contribution in [-0.2, 0) is 4.79 Å². The number of aliphatic hydroxyl groups excluding tert-OH is 1. The van der Waals surface area contributed by atoms with Crippen LogP contribution in [-0.4, -0.2) is 57.7 Å². The summed E-state index contributed by atoms with van der Waals surface area (Å²) in [6.07, 6.45) is 4.84. The van der Waals surface area contributed by atoms with Crippen molar-refractivity contribution in [3.63, 3.8) is 0 Å². The molecule has 96 valence electrons. The zero-order valence-electron chi connectivity index (χ0n) is 10.1. The molecule has 0 bridgehead atoms. The summed E-state index contributed by atoms with van der Waals surface area (Å²) < 4.78 is 0. The van der Waals surface area contributed by atoms with E-state index in [2.05, 4.69) is 9.97 Å². The van der Waals surface area contributed by atoms with Crippen molar-refractivity contribution in [2.45, 2.75) is 25.0 Å². The van der Waals surface area contributed by atoms with Gasteiger partial charge in [-0.05, 0) is 18.9 Å². The van der Waals surface area contributed by atoms with Crippen molar-refractivity contribution in [3.05, 3.63) is 18.5 Å². The lowest BCUT2D eigenvalue weighted by Crippen LogP contribution is -2.58. The lowest BCUT2D eigenvalue weighted by Gasteiger charge is -2.39. The van der Waals surface area contributed by atoms with Crippen molar-refractivity contribution < 1.29 is 9.90 Å². The van der Waals surface area contributed by atoms with E-state index in [9.17, 15) is 9.90 Å². The van der Waals surface area contributed by atoms with Crippen molar-refractivity contribution in [1.82, 2.24) is 14.9 Å². The van der Waals surface area contributed by atoms with E-state index < -0.39 is 0 Å². The van der Waals surface area contributed by atoms with Gasteiger partial charge in [-0.25, -0.2) is 9.97 Å². The zero-order chi connectivity index (χ0) is 12.5. The number of hydrogen-bond acceptors (Lipinski definition) is 5. The Balaban J connectivity index is 1.73. The molecule has 2 aliphatic heterocycles. The Labute approximate surface area is 105 Å². The molecule has 18 heavy (non-hydrogen) atoms. The number of β-amino-alcohol motifs (C(OH)–C–C–N with tert-alkyl or cyclic N) is 1. The lowest BCUT2D eigenvalue weighted by atomic mass is 10.1. The monoisotopic (exact) mass is 248 g/mol. The molecule has 1 N–H and O–H groups in total. The summed E-state index contributed by atoms with van der Waals surface area (Å²) in [5.74, 6) is 0.708. The molecule has 0 aromatic carbocycles. The molecule has 6 heteroatoms. The Bertz CT molecular complexity index is 433. The van der Waals surface area contributed by atoms with Gasteiger partial charge in [-0.15, -0.1) is 0 Å². The second-order valence-electron chi connectivity index (χ2n) is 4.80. The Hall–Kier alpha value is -1.69. The van der Waals surface area contributed by atoms with Crippen molar-refractivity contribution in [1.29, 1.82) is 0 Å². The topological polar surface area (TPSA) is 69.6 Å². The highest BCUT2D eigenvalue weighted by Gasteiger charge is 2.39. The summed E-state index contributed by atoms with van der Waals surface area (Å²) in [6, 6.07) is 1.60.